The van der Waals surface area contributed by atoms with Gasteiger partial charge in [-0.2, -0.15) is 0 Å². The first-order valence-electron chi connectivity index (χ1n) is 7.93. The molecule has 1 heterocycles. The van der Waals surface area contributed by atoms with Crippen LogP contribution in [-0.2, 0) is 6.54 Å². The number of rotatable bonds is 5. The number of H-pyrrole nitrogens is 1. The van der Waals surface area contributed by atoms with Gasteiger partial charge in [0.05, 0.1) is 0 Å². The molecule has 23 heavy (non-hydrogen) atoms. The molecule has 3 aromatic rings. The van der Waals surface area contributed by atoms with Crippen molar-refractivity contribution in [1.29, 1.82) is 0 Å². The minimum Gasteiger partial charge on any atom is -0.361 e. The van der Waals surface area contributed by atoms with Crippen LogP contribution in [0.4, 0.5) is 8.78 Å². The van der Waals surface area contributed by atoms with Gasteiger partial charge in [0.2, 0.25) is 0 Å². The maximum Gasteiger partial charge on any atom is 0.127 e. The number of fused-ring (bicyclic) bond motifs is 1. The summed E-state index contributed by atoms with van der Waals surface area (Å²) in [6.07, 6.45) is 3.08. The van der Waals surface area contributed by atoms with Crippen LogP contribution in [0, 0.1) is 17.6 Å². The van der Waals surface area contributed by atoms with Crippen molar-refractivity contribution in [2.45, 2.75) is 18.9 Å². The van der Waals surface area contributed by atoms with Gasteiger partial charge < -0.3 is 10.3 Å². The van der Waals surface area contributed by atoms with Crippen LogP contribution in [0.5, 0.6) is 0 Å². The first-order chi connectivity index (χ1) is 11.2. The molecule has 0 saturated heterocycles. The summed E-state index contributed by atoms with van der Waals surface area (Å²) < 4.78 is 27.0. The number of halogens is 2. The largest absolute Gasteiger partial charge is 0.361 e. The van der Waals surface area contributed by atoms with Crippen LogP contribution in [0.25, 0.3) is 10.9 Å². The van der Waals surface area contributed by atoms with E-state index in [1.165, 1.54) is 17.7 Å². The van der Waals surface area contributed by atoms with Crippen molar-refractivity contribution in [2.75, 3.05) is 6.54 Å². The second-order valence-electron chi connectivity index (χ2n) is 6.26. The highest BCUT2D eigenvalue weighted by atomic mass is 19.1. The van der Waals surface area contributed by atoms with Crippen molar-refractivity contribution in [3.05, 3.63) is 71.4 Å². The standard InChI is InChI=1S/C19H18F2N2/c20-14-5-6-19-16(8-14)17(11-23-19)15-7-13(15)10-22-9-12-3-1-2-4-18(12)21/h1-6,8,11,13,15,22-23H,7,9-10H2. The van der Waals surface area contributed by atoms with Crippen molar-refractivity contribution in [2.24, 2.45) is 5.92 Å². The zero-order chi connectivity index (χ0) is 15.8. The Morgan fingerprint density at radius 2 is 2.00 bits per heavy atom. The van der Waals surface area contributed by atoms with Gasteiger partial charge in [0.1, 0.15) is 11.6 Å². The lowest BCUT2D eigenvalue weighted by Gasteiger charge is -2.05. The maximum atomic E-state index is 13.6. The molecular formula is C19H18F2N2. The molecule has 4 rings (SSSR count). The fourth-order valence-corrected chi connectivity index (χ4v) is 3.31. The van der Waals surface area contributed by atoms with Gasteiger partial charge in [-0.1, -0.05) is 18.2 Å². The smallest absolute Gasteiger partial charge is 0.127 e. The molecule has 1 saturated carbocycles. The van der Waals surface area contributed by atoms with Crippen molar-refractivity contribution < 1.29 is 8.78 Å². The number of aromatic nitrogens is 1. The fourth-order valence-electron chi connectivity index (χ4n) is 3.31. The van der Waals surface area contributed by atoms with Crippen LogP contribution in [0.15, 0.2) is 48.7 Å². The predicted molar refractivity (Wildman–Crippen MR) is 87.2 cm³/mol. The maximum absolute atomic E-state index is 13.6. The van der Waals surface area contributed by atoms with Gasteiger partial charge >= 0.3 is 0 Å². The molecule has 2 N–H and O–H groups in total. The van der Waals surface area contributed by atoms with Gasteiger partial charge in [-0.25, -0.2) is 8.78 Å². The molecule has 0 amide bonds. The average Bonchev–Trinajstić information content (AvgIpc) is 3.19. The summed E-state index contributed by atoms with van der Waals surface area (Å²) in [4.78, 5) is 3.21. The van der Waals surface area contributed by atoms with E-state index in [0.717, 1.165) is 23.9 Å². The topological polar surface area (TPSA) is 27.8 Å². The van der Waals surface area contributed by atoms with E-state index in [0.29, 0.717) is 23.9 Å². The molecule has 1 aliphatic carbocycles. The molecule has 0 aliphatic heterocycles. The lowest BCUT2D eigenvalue weighted by Crippen LogP contribution is -2.17. The first kappa shape index (κ1) is 14.4. The van der Waals surface area contributed by atoms with E-state index in [1.807, 2.05) is 12.3 Å². The third-order valence-electron chi connectivity index (χ3n) is 4.68. The zero-order valence-corrected chi connectivity index (χ0v) is 12.7. The number of benzene rings is 2. The van der Waals surface area contributed by atoms with Gasteiger partial charge in [-0.05, 0) is 54.6 Å². The second kappa shape index (κ2) is 5.78. The van der Waals surface area contributed by atoms with Crippen molar-refractivity contribution in [3.63, 3.8) is 0 Å². The summed E-state index contributed by atoms with van der Waals surface area (Å²) in [5, 5.41) is 4.31. The highest BCUT2D eigenvalue weighted by molar-refractivity contribution is 5.84. The van der Waals surface area contributed by atoms with Crippen LogP contribution in [0.3, 0.4) is 0 Å². The van der Waals surface area contributed by atoms with Gasteiger partial charge in [-0.3, -0.25) is 0 Å². The van der Waals surface area contributed by atoms with Crippen LogP contribution in [0.1, 0.15) is 23.5 Å². The lowest BCUT2D eigenvalue weighted by atomic mass is 10.1. The third kappa shape index (κ3) is 2.86. The minimum atomic E-state index is -0.201. The molecule has 2 atom stereocenters. The van der Waals surface area contributed by atoms with E-state index in [9.17, 15) is 8.78 Å². The van der Waals surface area contributed by atoms with Crippen molar-refractivity contribution >= 4 is 10.9 Å². The third-order valence-corrected chi connectivity index (χ3v) is 4.68. The molecule has 0 radical (unpaired) electrons. The molecule has 2 aromatic carbocycles. The quantitative estimate of drug-likeness (QED) is 0.720. The minimum absolute atomic E-state index is 0.167. The predicted octanol–water partition coefficient (Wildman–Crippen LogP) is 4.34. The summed E-state index contributed by atoms with van der Waals surface area (Å²) in [5.41, 5.74) is 2.86. The highest BCUT2D eigenvalue weighted by Gasteiger charge is 2.39. The zero-order valence-electron chi connectivity index (χ0n) is 12.7. The normalized spacial score (nSPS) is 20.1. The molecule has 1 fully saturated rings. The summed E-state index contributed by atoms with van der Waals surface area (Å²) in [6, 6.07) is 11.7. The molecule has 4 heteroatoms. The molecule has 0 bridgehead atoms. The number of hydrogen-bond acceptors (Lipinski definition) is 1. The second-order valence-corrected chi connectivity index (χ2v) is 6.26. The van der Waals surface area contributed by atoms with Gasteiger partial charge in [-0.15, -0.1) is 0 Å². The van der Waals surface area contributed by atoms with Crippen LogP contribution in [-0.4, -0.2) is 11.5 Å². The number of hydrogen-bond donors (Lipinski definition) is 2. The monoisotopic (exact) mass is 312 g/mol. The summed E-state index contributed by atoms with van der Waals surface area (Å²) in [6.45, 7) is 1.39. The fraction of sp³-hybridized carbons (Fsp3) is 0.263. The molecule has 2 nitrogen and oxygen atoms in total. The number of nitrogens with one attached hydrogen (secondary N) is 2. The first-order valence-corrected chi connectivity index (χ1v) is 7.93. The van der Waals surface area contributed by atoms with Crippen LogP contribution < -0.4 is 5.32 Å². The Kier molecular flexibility index (Phi) is 3.62. The van der Waals surface area contributed by atoms with Crippen LogP contribution in [0.2, 0.25) is 0 Å². The van der Waals surface area contributed by atoms with Crippen molar-refractivity contribution in [1.82, 2.24) is 10.3 Å². The number of aromatic amines is 1. The Bertz CT molecular complexity index is 840. The van der Waals surface area contributed by atoms with E-state index >= 15 is 0 Å². The average molecular weight is 312 g/mol. The molecule has 1 aromatic heterocycles. The SMILES string of the molecule is Fc1ccc2[nH]cc(C3CC3CNCc3ccccc3F)c2c1. The van der Waals surface area contributed by atoms with E-state index in [1.54, 1.807) is 24.3 Å². The van der Waals surface area contributed by atoms with Crippen molar-refractivity contribution in [3.8, 4) is 0 Å². The summed E-state index contributed by atoms with van der Waals surface area (Å²) in [5.74, 6) is 0.621. The van der Waals surface area contributed by atoms with Gasteiger partial charge in [0.15, 0.2) is 0 Å². The van der Waals surface area contributed by atoms with Crippen LogP contribution >= 0.6 is 0 Å². The molecule has 2 unspecified atom stereocenters. The molecule has 0 spiro atoms. The lowest BCUT2D eigenvalue weighted by molar-refractivity contribution is 0.574. The van der Waals surface area contributed by atoms with E-state index < -0.39 is 0 Å². The Morgan fingerprint density at radius 3 is 2.87 bits per heavy atom. The summed E-state index contributed by atoms with van der Waals surface area (Å²) in [7, 11) is 0. The van der Waals surface area contributed by atoms with E-state index in [2.05, 4.69) is 10.3 Å². The van der Waals surface area contributed by atoms with E-state index in [4.69, 9.17) is 0 Å². The molecule has 118 valence electrons. The molecule has 1 aliphatic rings. The highest BCUT2D eigenvalue weighted by Crippen LogP contribution is 2.49. The Balaban J connectivity index is 1.38. The Morgan fingerprint density at radius 1 is 1.13 bits per heavy atom. The Labute approximate surface area is 133 Å². The van der Waals surface area contributed by atoms with E-state index in [-0.39, 0.29) is 11.6 Å². The van der Waals surface area contributed by atoms with Gasteiger partial charge in [0, 0.05) is 29.2 Å². The van der Waals surface area contributed by atoms with Gasteiger partial charge in [0.25, 0.3) is 0 Å². The summed E-state index contributed by atoms with van der Waals surface area (Å²) >= 11 is 0. The molecular weight excluding hydrogens is 294 g/mol. The Hall–Kier alpha value is -2.20.